The van der Waals surface area contributed by atoms with E-state index in [0.29, 0.717) is 36.3 Å². The van der Waals surface area contributed by atoms with Gasteiger partial charge in [-0.3, -0.25) is 9.59 Å². The van der Waals surface area contributed by atoms with Crippen LogP contribution in [0.15, 0.2) is 48.7 Å². The number of likely N-dealkylation sites (tertiary alicyclic amines) is 1. The van der Waals surface area contributed by atoms with Crippen molar-refractivity contribution >= 4 is 35.3 Å². The van der Waals surface area contributed by atoms with Gasteiger partial charge >= 0.3 is 0 Å². The zero-order valence-electron chi connectivity index (χ0n) is 19.9. The van der Waals surface area contributed by atoms with Crippen LogP contribution in [-0.2, 0) is 14.4 Å². The maximum absolute atomic E-state index is 12.7. The maximum atomic E-state index is 12.7. The number of carbonyl (C=O) groups is 2. The second-order valence-electron chi connectivity index (χ2n) is 8.80. The van der Waals surface area contributed by atoms with Crippen molar-refractivity contribution in [2.24, 2.45) is 0 Å². The summed E-state index contributed by atoms with van der Waals surface area (Å²) in [6.07, 6.45) is 9.03. The molecule has 1 aromatic carbocycles. The fourth-order valence-electron chi connectivity index (χ4n) is 4.26. The minimum absolute atomic E-state index is 0.0396. The lowest BCUT2D eigenvalue weighted by Gasteiger charge is -2.37. The zero-order valence-corrected chi connectivity index (χ0v) is 20.6. The van der Waals surface area contributed by atoms with Gasteiger partial charge in [-0.05, 0) is 73.7 Å². The van der Waals surface area contributed by atoms with Gasteiger partial charge in [0.05, 0.1) is 0 Å². The van der Waals surface area contributed by atoms with E-state index in [1.165, 1.54) is 6.08 Å². The molecule has 0 bridgehead atoms. The van der Waals surface area contributed by atoms with Crippen molar-refractivity contribution in [3.05, 3.63) is 64.8 Å². The molecule has 0 spiro atoms. The van der Waals surface area contributed by atoms with Crippen molar-refractivity contribution in [3.8, 4) is 0 Å². The quantitative estimate of drug-likeness (QED) is 0.457. The average Bonchev–Trinajstić information content (AvgIpc) is 2.91. The molecule has 2 fully saturated rings. The fourth-order valence-corrected chi connectivity index (χ4v) is 4.38. The van der Waals surface area contributed by atoms with Gasteiger partial charge in [0, 0.05) is 62.1 Å². The van der Waals surface area contributed by atoms with Gasteiger partial charge in [-0.15, -0.1) is 0 Å². The van der Waals surface area contributed by atoms with Gasteiger partial charge in [0.15, 0.2) is 6.29 Å². The molecule has 3 heterocycles. The average molecular weight is 499 g/mol. The molecule has 186 valence electrons. The minimum Gasteiger partial charge on any atom is -0.357 e. The summed E-state index contributed by atoms with van der Waals surface area (Å²) < 4.78 is 5.42. The monoisotopic (exact) mass is 498 g/mol. The van der Waals surface area contributed by atoms with Gasteiger partial charge in [0.25, 0.3) is 11.8 Å². The highest BCUT2D eigenvalue weighted by Crippen LogP contribution is 2.22. The van der Waals surface area contributed by atoms with Crippen molar-refractivity contribution in [2.45, 2.75) is 44.4 Å². The van der Waals surface area contributed by atoms with Crippen molar-refractivity contribution in [3.63, 3.8) is 0 Å². The Morgan fingerprint density at radius 1 is 1.14 bits per heavy atom. The number of hydroxylamine groups is 1. The van der Waals surface area contributed by atoms with Crippen molar-refractivity contribution in [2.75, 3.05) is 31.6 Å². The zero-order chi connectivity index (χ0) is 24.6. The van der Waals surface area contributed by atoms with E-state index in [1.807, 2.05) is 24.1 Å². The third kappa shape index (κ3) is 7.04. The van der Waals surface area contributed by atoms with Gasteiger partial charge in [0.2, 0.25) is 0 Å². The Labute approximate surface area is 210 Å². The van der Waals surface area contributed by atoms with E-state index in [2.05, 4.69) is 15.4 Å². The third-order valence-electron chi connectivity index (χ3n) is 6.38. The highest BCUT2D eigenvalue weighted by molar-refractivity contribution is 6.30. The molecule has 4 rings (SSSR count). The first kappa shape index (κ1) is 25.2. The SMILES string of the molecule is CN(c1ccc(C=CC(=O)NOC2CCCCO2)cn1)C1CCN(C(=O)c2ccc(Cl)cc2)CC1. The van der Waals surface area contributed by atoms with E-state index in [1.54, 1.807) is 36.5 Å². The fraction of sp³-hybridized carbons (Fsp3) is 0.423. The van der Waals surface area contributed by atoms with Crippen LogP contribution in [0.25, 0.3) is 6.08 Å². The Morgan fingerprint density at radius 3 is 2.57 bits per heavy atom. The lowest BCUT2D eigenvalue weighted by molar-refractivity contribution is -0.198. The number of anilines is 1. The van der Waals surface area contributed by atoms with Crippen LogP contribution in [0, 0.1) is 0 Å². The molecule has 1 unspecified atom stereocenters. The van der Waals surface area contributed by atoms with E-state index >= 15 is 0 Å². The summed E-state index contributed by atoms with van der Waals surface area (Å²) in [7, 11) is 2.03. The van der Waals surface area contributed by atoms with Gasteiger partial charge in [-0.2, -0.15) is 0 Å². The first-order valence-electron chi connectivity index (χ1n) is 12.0. The molecule has 0 saturated carbocycles. The number of rotatable bonds is 7. The first-order chi connectivity index (χ1) is 17.0. The van der Waals surface area contributed by atoms with Crippen molar-refractivity contribution in [1.29, 1.82) is 0 Å². The largest absolute Gasteiger partial charge is 0.357 e. The first-order valence-corrected chi connectivity index (χ1v) is 12.4. The van der Waals surface area contributed by atoms with Crippen LogP contribution in [0.4, 0.5) is 5.82 Å². The number of ether oxygens (including phenoxy) is 1. The second kappa shape index (κ2) is 12.2. The van der Waals surface area contributed by atoms with Gasteiger partial charge in [-0.1, -0.05) is 11.6 Å². The van der Waals surface area contributed by atoms with Crippen LogP contribution < -0.4 is 10.4 Å². The molecule has 2 aliphatic rings. The molecule has 0 aliphatic carbocycles. The molecular weight excluding hydrogens is 468 g/mol. The van der Waals surface area contributed by atoms with E-state index in [4.69, 9.17) is 21.2 Å². The Morgan fingerprint density at radius 2 is 1.91 bits per heavy atom. The Kier molecular flexibility index (Phi) is 8.74. The molecule has 2 saturated heterocycles. The van der Waals surface area contributed by atoms with Crippen molar-refractivity contribution < 1.29 is 19.2 Å². The summed E-state index contributed by atoms with van der Waals surface area (Å²) in [5.74, 6) is 0.546. The number of halogens is 1. The molecule has 2 amide bonds. The smallest absolute Gasteiger partial charge is 0.267 e. The van der Waals surface area contributed by atoms with Gasteiger partial charge in [0.1, 0.15) is 5.82 Å². The number of benzene rings is 1. The minimum atomic E-state index is -0.375. The predicted octanol–water partition coefficient (Wildman–Crippen LogP) is 4.06. The van der Waals surface area contributed by atoms with Gasteiger partial charge < -0.3 is 14.5 Å². The standard InChI is InChI=1S/C26H31ClN4O4/c1-30(22-13-15-31(16-14-22)26(33)20-7-9-21(27)10-8-20)23-11-5-19(18-28-23)6-12-24(32)29-35-25-4-2-3-17-34-25/h5-12,18,22,25H,2-4,13-17H2,1H3,(H,29,32). The lowest BCUT2D eigenvalue weighted by Crippen LogP contribution is -2.45. The Hall–Kier alpha value is -2.94. The maximum Gasteiger partial charge on any atom is 0.267 e. The van der Waals surface area contributed by atoms with Crippen LogP contribution in [0.3, 0.4) is 0 Å². The predicted molar refractivity (Wildman–Crippen MR) is 135 cm³/mol. The number of nitrogens with zero attached hydrogens (tertiary/aromatic N) is 3. The lowest BCUT2D eigenvalue weighted by atomic mass is 10.0. The van der Waals surface area contributed by atoms with Crippen LogP contribution in [-0.4, -0.2) is 60.8 Å². The summed E-state index contributed by atoms with van der Waals surface area (Å²) in [6.45, 7) is 2.05. The van der Waals surface area contributed by atoms with Crippen molar-refractivity contribution in [1.82, 2.24) is 15.4 Å². The molecule has 2 aromatic rings. The molecule has 2 aliphatic heterocycles. The number of pyridine rings is 1. The molecule has 0 radical (unpaired) electrons. The number of amides is 2. The number of aromatic nitrogens is 1. The Bertz CT molecular complexity index is 1010. The summed E-state index contributed by atoms with van der Waals surface area (Å²) in [6, 6.07) is 11.2. The summed E-state index contributed by atoms with van der Waals surface area (Å²) in [5, 5.41) is 0.623. The van der Waals surface area contributed by atoms with Gasteiger partial charge in [-0.25, -0.2) is 15.3 Å². The van der Waals surface area contributed by atoms with E-state index in [-0.39, 0.29) is 18.1 Å². The third-order valence-corrected chi connectivity index (χ3v) is 6.63. The van der Waals surface area contributed by atoms with Crippen LogP contribution in [0.1, 0.15) is 48.0 Å². The molecular formula is C26H31ClN4O4. The van der Waals surface area contributed by atoms with E-state index in [9.17, 15) is 9.59 Å². The van der Waals surface area contributed by atoms with Crippen LogP contribution in [0.2, 0.25) is 5.02 Å². The summed E-state index contributed by atoms with van der Waals surface area (Å²) in [4.78, 5) is 38.6. The Balaban J connectivity index is 1.23. The normalized spacial score (nSPS) is 19.0. The molecule has 1 aromatic heterocycles. The molecule has 1 N–H and O–H groups in total. The van der Waals surface area contributed by atoms with Crippen LogP contribution in [0.5, 0.6) is 0 Å². The number of carbonyl (C=O) groups excluding carboxylic acids is 2. The topological polar surface area (TPSA) is 84.0 Å². The molecule has 35 heavy (non-hydrogen) atoms. The number of hydrogen-bond acceptors (Lipinski definition) is 6. The molecule has 1 atom stereocenters. The number of hydrogen-bond donors (Lipinski definition) is 1. The number of nitrogens with one attached hydrogen (secondary N) is 1. The highest BCUT2D eigenvalue weighted by atomic mass is 35.5. The summed E-state index contributed by atoms with van der Waals surface area (Å²) >= 11 is 5.93. The molecule has 8 nitrogen and oxygen atoms in total. The second-order valence-corrected chi connectivity index (χ2v) is 9.24. The number of piperidine rings is 1. The van der Waals surface area contributed by atoms with Crippen LogP contribution >= 0.6 is 11.6 Å². The summed E-state index contributed by atoms with van der Waals surface area (Å²) in [5.41, 5.74) is 3.88. The molecule has 9 heteroatoms. The van der Waals surface area contributed by atoms with E-state index < -0.39 is 0 Å². The highest BCUT2D eigenvalue weighted by Gasteiger charge is 2.26. The van der Waals surface area contributed by atoms with E-state index in [0.717, 1.165) is 43.5 Å².